The average molecular weight is 289 g/mol. The largest absolute Gasteiger partial charge is 0.384 e. The number of amides is 1. The zero-order valence-corrected chi connectivity index (χ0v) is 13.5. The van der Waals surface area contributed by atoms with Gasteiger partial charge in [-0.15, -0.1) is 0 Å². The van der Waals surface area contributed by atoms with Crippen molar-refractivity contribution in [3.8, 4) is 0 Å². The van der Waals surface area contributed by atoms with Crippen LogP contribution in [0.3, 0.4) is 0 Å². The summed E-state index contributed by atoms with van der Waals surface area (Å²) in [6.45, 7) is 5.60. The molecule has 4 heteroatoms. The van der Waals surface area contributed by atoms with Crippen molar-refractivity contribution in [2.45, 2.75) is 26.2 Å². The number of fused-ring (bicyclic) bond motifs is 1. The van der Waals surface area contributed by atoms with Crippen LogP contribution < -0.4 is 5.32 Å². The standard InChI is InChI=1S/C17H27N3O/c1-4-20(13-7-12-19(2)3)17(21)15-10-5-8-14-9-6-11-18-16(14)15/h5,8,10,18H,4,6-7,9,11-13H2,1-3H3. The van der Waals surface area contributed by atoms with Gasteiger partial charge in [-0.05, 0) is 58.5 Å². The van der Waals surface area contributed by atoms with E-state index >= 15 is 0 Å². The lowest BCUT2D eigenvalue weighted by atomic mass is 9.98. The van der Waals surface area contributed by atoms with Gasteiger partial charge in [-0.3, -0.25) is 4.79 Å². The van der Waals surface area contributed by atoms with Crippen LogP contribution in [0, 0.1) is 0 Å². The van der Waals surface area contributed by atoms with E-state index in [2.05, 4.69) is 37.3 Å². The van der Waals surface area contributed by atoms with Crippen molar-refractivity contribution in [2.24, 2.45) is 0 Å². The quantitative estimate of drug-likeness (QED) is 0.874. The molecule has 1 heterocycles. The maximum absolute atomic E-state index is 12.8. The number of nitrogens with one attached hydrogen (secondary N) is 1. The number of hydrogen-bond acceptors (Lipinski definition) is 3. The fourth-order valence-corrected chi connectivity index (χ4v) is 2.84. The first-order chi connectivity index (χ1) is 10.1. The molecular weight excluding hydrogens is 262 g/mol. The molecular formula is C17H27N3O. The monoisotopic (exact) mass is 289 g/mol. The van der Waals surface area contributed by atoms with Crippen molar-refractivity contribution in [3.05, 3.63) is 29.3 Å². The van der Waals surface area contributed by atoms with E-state index in [1.54, 1.807) is 0 Å². The van der Waals surface area contributed by atoms with Gasteiger partial charge in [-0.2, -0.15) is 0 Å². The van der Waals surface area contributed by atoms with Crippen LogP contribution in [0.4, 0.5) is 5.69 Å². The molecule has 1 N–H and O–H groups in total. The van der Waals surface area contributed by atoms with E-state index in [-0.39, 0.29) is 5.91 Å². The van der Waals surface area contributed by atoms with Gasteiger partial charge in [0.2, 0.25) is 0 Å². The van der Waals surface area contributed by atoms with E-state index in [0.717, 1.165) is 56.7 Å². The molecule has 0 radical (unpaired) electrons. The van der Waals surface area contributed by atoms with Crippen LogP contribution in [-0.2, 0) is 6.42 Å². The molecule has 1 aliphatic heterocycles. The Labute approximate surface area is 128 Å². The molecule has 0 aromatic heterocycles. The van der Waals surface area contributed by atoms with Crippen molar-refractivity contribution >= 4 is 11.6 Å². The van der Waals surface area contributed by atoms with Gasteiger partial charge in [0.25, 0.3) is 5.91 Å². The fourth-order valence-electron chi connectivity index (χ4n) is 2.84. The molecule has 0 fully saturated rings. The van der Waals surface area contributed by atoms with Crippen LogP contribution in [0.25, 0.3) is 0 Å². The normalized spacial score (nSPS) is 13.7. The Morgan fingerprint density at radius 2 is 2.10 bits per heavy atom. The number of nitrogens with zero attached hydrogens (tertiary/aromatic N) is 2. The molecule has 0 atom stereocenters. The van der Waals surface area contributed by atoms with E-state index in [1.165, 1.54) is 5.56 Å². The van der Waals surface area contributed by atoms with Gasteiger partial charge in [0.05, 0.1) is 11.3 Å². The summed E-state index contributed by atoms with van der Waals surface area (Å²) in [5, 5.41) is 3.41. The van der Waals surface area contributed by atoms with Gasteiger partial charge >= 0.3 is 0 Å². The number of rotatable bonds is 6. The predicted molar refractivity (Wildman–Crippen MR) is 88.0 cm³/mol. The number of carbonyl (C=O) groups excluding carboxylic acids is 1. The first kappa shape index (κ1) is 15.8. The second-order valence-corrected chi connectivity index (χ2v) is 5.91. The second kappa shape index (κ2) is 7.46. The lowest BCUT2D eigenvalue weighted by molar-refractivity contribution is 0.0760. The maximum Gasteiger partial charge on any atom is 0.255 e. The van der Waals surface area contributed by atoms with Gasteiger partial charge < -0.3 is 15.1 Å². The molecule has 2 rings (SSSR count). The predicted octanol–water partition coefficient (Wildman–Crippen LogP) is 2.46. The summed E-state index contributed by atoms with van der Waals surface area (Å²) in [6.07, 6.45) is 3.22. The topological polar surface area (TPSA) is 35.6 Å². The Balaban J connectivity index is 2.10. The fraction of sp³-hybridized carbons (Fsp3) is 0.588. The van der Waals surface area contributed by atoms with Gasteiger partial charge in [-0.25, -0.2) is 0 Å². The minimum atomic E-state index is 0.155. The maximum atomic E-state index is 12.8. The number of hydrogen-bond donors (Lipinski definition) is 1. The Hall–Kier alpha value is -1.55. The van der Waals surface area contributed by atoms with Crippen LogP contribution in [0.2, 0.25) is 0 Å². The van der Waals surface area contributed by atoms with Crippen molar-refractivity contribution in [3.63, 3.8) is 0 Å². The lowest BCUT2D eigenvalue weighted by Crippen LogP contribution is -2.34. The van der Waals surface area contributed by atoms with E-state index in [1.807, 2.05) is 17.0 Å². The van der Waals surface area contributed by atoms with Gasteiger partial charge in [0, 0.05) is 19.6 Å². The van der Waals surface area contributed by atoms with Crippen molar-refractivity contribution in [2.75, 3.05) is 45.6 Å². The van der Waals surface area contributed by atoms with Crippen molar-refractivity contribution in [1.29, 1.82) is 0 Å². The summed E-state index contributed by atoms with van der Waals surface area (Å²) < 4.78 is 0. The third-order valence-electron chi connectivity index (χ3n) is 4.01. The van der Waals surface area contributed by atoms with Crippen LogP contribution in [0.15, 0.2) is 18.2 Å². The third kappa shape index (κ3) is 3.97. The molecule has 0 saturated carbocycles. The molecule has 4 nitrogen and oxygen atoms in total. The summed E-state index contributed by atoms with van der Waals surface area (Å²) in [5.74, 6) is 0.155. The molecule has 1 aromatic rings. The van der Waals surface area contributed by atoms with Gasteiger partial charge in [-0.1, -0.05) is 12.1 Å². The Bertz CT molecular complexity index is 485. The van der Waals surface area contributed by atoms with E-state index in [0.29, 0.717) is 0 Å². The summed E-state index contributed by atoms with van der Waals surface area (Å²) in [4.78, 5) is 16.9. The number of aryl methyl sites for hydroxylation is 1. The highest BCUT2D eigenvalue weighted by Gasteiger charge is 2.20. The summed E-state index contributed by atoms with van der Waals surface area (Å²) >= 11 is 0. The van der Waals surface area contributed by atoms with Crippen molar-refractivity contribution in [1.82, 2.24) is 9.80 Å². The SMILES string of the molecule is CCN(CCCN(C)C)C(=O)c1cccc2c1NCCC2. The van der Waals surface area contributed by atoms with E-state index in [4.69, 9.17) is 0 Å². The molecule has 0 saturated heterocycles. The smallest absolute Gasteiger partial charge is 0.255 e. The zero-order chi connectivity index (χ0) is 15.2. The number of benzene rings is 1. The second-order valence-electron chi connectivity index (χ2n) is 5.91. The zero-order valence-electron chi connectivity index (χ0n) is 13.5. The molecule has 1 aromatic carbocycles. The molecule has 116 valence electrons. The minimum absolute atomic E-state index is 0.155. The molecule has 1 amide bonds. The number of para-hydroxylation sites is 1. The molecule has 0 unspecified atom stereocenters. The summed E-state index contributed by atoms with van der Waals surface area (Å²) in [7, 11) is 4.13. The lowest BCUT2D eigenvalue weighted by Gasteiger charge is -2.26. The van der Waals surface area contributed by atoms with Crippen LogP contribution in [0.5, 0.6) is 0 Å². The van der Waals surface area contributed by atoms with Crippen molar-refractivity contribution < 1.29 is 4.79 Å². The average Bonchev–Trinajstić information content (AvgIpc) is 2.50. The van der Waals surface area contributed by atoms with Crippen LogP contribution >= 0.6 is 0 Å². The van der Waals surface area contributed by atoms with E-state index < -0.39 is 0 Å². The highest BCUT2D eigenvalue weighted by atomic mass is 16.2. The first-order valence-corrected chi connectivity index (χ1v) is 7.93. The van der Waals surface area contributed by atoms with Gasteiger partial charge in [0.15, 0.2) is 0 Å². The Morgan fingerprint density at radius 3 is 2.81 bits per heavy atom. The van der Waals surface area contributed by atoms with E-state index in [9.17, 15) is 4.79 Å². The number of carbonyl (C=O) groups is 1. The highest BCUT2D eigenvalue weighted by molar-refractivity contribution is 6.00. The third-order valence-corrected chi connectivity index (χ3v) is 4.01. The number of anilines is 1. The Morgan fingerprint density at radius 1 is 1.29 bits per heavy atom. The molecule has 0 spiro atoms. The first-order valence-electron chi connectivity index (χ1n) is 7.93. The molecule has 0 bridgehead atoms. The molecule has 21 heavy (non-hydrogen) atoms. The minimum Gasteiger partial charge on any atom is -0.384 e. The molecule has 1 aliphatic rings. The molecule has 0 aliphatic carbocycles. The summed E-state index contributed by atoms with van der Waals surface area (Å²) in [5.41, 5.74) is 3.16. The summed E-state index contributed by atoms with van der Waals surface area (Å²) in [6, 6.07) is 6.08. The van der Waals surface area contributed by atoms with Crippen LogP contribution in [0.1, 0.15) is 35.7 Å². The van der Waals surface area contributed by atoms with Crippen LogP contribution in [-0.4, -0.2) is 56.0 Å². The Kier molecular flexibility index (Phi) is 5.62. The van der Waals surface area contributed by atoms with Gasteiger partial charge in [0.1, 0.15) is 0 Å². The highest BCUT2D eigenvalue weighted by Crippen LogP contribution is 2.27.